The Labute approximate surface area is 101 Å². The van der Waals surface area contributed by atoms with E-state index >= 15 is 0 Å². The predicted octanol–water partition coefficient (Wildman–Crippen LogP) is 2.30. The smallest absolute Gasteiger partial charge is 0.141 e. The van der Waals surface area contributed by atoms with Crippen LogP contribution in [0.2, 0.25) is 0 Å². The lowest BCUT2D eigenvalue weighted by Gasteiger charge is -2.24. The lowest BCUT2D eigenvalue weighted by molar-refractivity contribution is 0.0656. The number of ether oxygens (including phenoxy) is 1. The molecule has 17 heavy (non-hydrogen) atoms. The van der Waals surface area contributed by atoms with E-state index in [9.17, 15) is 4.39 Å². The number of halogens is 1. The minimum atomic E-state index is -0.287. The first-order chi connectivity index (χ1) is 8.25. The maximum Gasteiger partial charge on any atom is 0.141 e. The van der Waals surface area contributed by atoms with E-state index in [1.54, 1.807) is 6.07 Å². The Morgan fingerprint density at radius 1 is 1.47 bits per heavy atom. The van der Waals surface area contributed by atoms with Gasteiger partial charge >= 0.3 is 0 Å². The number of rotatable bonds is 4. The highest BCUT2D eigenvalue weighted by Crippen LogP contribution is 2.16. The highest BCUT2D eigenvalue weighted by atomic mass is 19.1. The monoisotopic (exact) mass is 238 g/mol. The number of hydrogen-bond donors (Lipinski definition) is 1. The number of aromatic nitrogens is 1. The van der Waals surface area contributed by atoms with Crippen molar-refractivity contribution in [3.63, 3.8) is 0 Å². The molecular weight excluding hydrogens is 219 g/mol. The summed E-state index contributed by atoms with van der Waals surface area (Å²) in [6, 6.07) is 3.35. The molecule has 1 aliphatic rings. The summed E-state index contributed by atoms with van der Waals surface area (Å²) >= 11 is 0. The molecule has 1 saturated heterocycles. The van der Waals surface area contributed by atoms with Crippen LogP contribution in [0.4, 0.5) is 4.39 Å². The molecule has 0 aliphatic carbocycles. The summed E-state index contributed by atoms with van der Waals surface area (Å²) in [4.78, 5) is 4.08. The van der Waals surface area contributed by atoms with Gasteiger partial charge in [0, 0.05) is 19.3 Å². The molecule has 0 bridgehead atoms. The second-order valence-electron chi connectivity index (χ2n) is 4.59. The van der Waals surface area contributed by atoms with E-state index in [0.717, 1.165) is 38.3 Å². The lowest BCUT2D eigenvalue weighted by Crippen LogP contribution is -2.29. The minimum absolute atomic E-state index is 0.165. The van der Waals surface area contributed by atoms with Crippen molar-refractivity contribution in [3.8, 4) is 0 Å². The number of nitrogens with one attached hydrogen (secondary N) is 1. The minimum Gasteiger partial charge on any atom is -0.381 e. The van der Waals surface area contributed by atoms with E-state index in [1.165, 1.54) is 12.3 Å². The Bertz CT molecular complexity index is 336. The van der Waals surface area contributed by atoms with E-state index in [4.69, 9.17) is 4.74 Å². The van der Waals surface area contributed by atoms with E-state index < -0.39 is 0 Å². The van der Waals surface area contributed by atoms with Crippen LogP contribution in [0.3, 0.4) is 0 Å². The summed E-state index contributed by atoms with van der Waals surface area (Å²) in [6.07, 6.45) is 3.51. The number of nitrogens with zero attached hydrogens (tertiary/aromatic N) is 1. The Kier molecular flexibility index (Phi) is 4.45. The van der Waals surface area contributed by atoms with Crippen molar-refractivity contribution >= 4 is 0 Å². The van der Waals surface area contributed by atoms with Gasteiger partial charge in [-0.15, -0.1) is 0 Å². The molecule has 1 N–H and O–H groups in total. The molecule has 3 nitrogen and oxygen atoms in total. The van der Waals surface area contributed by atoms with Crippen molar-refractivity contribution in [2.45, 2.75) is 25.8 Å². The van der Waals surface area contributed by atoms with Crippen molar-refractivity contribution in [2.75, 3.05) is 19.8 Å². The molecule has 1 aromatic heterocycles. The average molecular weight is 238 g/mol. The van der Waals surface area contributed by atoms with Gasteiger partial charge in [0.2, 0.25) is 0 Å². The van der Waals surface area contributed by atoms with Crippen LogP contribution in [-0.4, -0.2) is 24.7 Å². The van der Waals surface area contributed by atoms with Crippen molar-refractivity contribution in [3.05, 3.63) is 29.8 Å². The van der Waals surface area contributed by atoms with Crippen LogP contribution in [0.1, 0.15) is 31.5 Å². The zero-order chi connectivity index (χ0) is 12.1. The molecule has 0 saturated carbocycles. The molecule has 0 aromatic carbocycles. The van der Waals surface area contributed by atoms with Crippen LogP contribution in [0.15, 0.2) is 18.3 Å². The Hall–Kier alpha value is -1.00. The summed E-state index contributed by atoms with van der Waals surface area (Å²) in [5.41, 5.74) is 0.887. The number of hydrogen-bond acceptors (Lipinski definition) is 3. The third-order valence-corrected chi connectivity index (χ3v) is 3.25. The molecule has 1 fully saturated rings. The second-order valence-corrected chi connectivity index (χ2v) is 4.59. The molecule has 2 rings (SSSR count). The molecule has 0 spiro atoms. The molecule has 94 valence electrons. The van der Waals surface area contributed by atoms with Gasteiger partial charge in [0.25, 0.3) is 0 Å². The number of pyridine rings is 1. The zero-order valence-corrected chi connectivity index (χ0v) is 10.2. The van der Waals surface area contributed by atoms with Crippen LogP contribution < -0.4 is 5.32 Å². The molecular formula is C13H19FN2O. The van der Waals surface area contributed by atoms with Gasteiger partial charge in [-0.25, -0.2) is 4.39 Å². The Morgan fingerprint density at radius 3 is 2.88 bits per heavy atom. The molecule has 1 atom stereocenters. The molecule has 2 heterocycles. The summed E-state index contributed by atoms with van der Waals surface area (Å²) in [5.74, 6) is 0.400. The summed E-state index contributed by atoms with van der Waals surface area (Å²) in [6.45, 7) is 4.77. The van der Waals surface area contributed by atoms with Crippen LogP contribution in [-0.2, 0) is 4.74 Å². The summed E-state index contributed by atoms with van der Waals surface area (Å²) < 4.78 is 18.1. The van der Waals surface area contributed by atoms with Crippen LogP contribution in [0.5, 0.6) is 0 Å². The van der Waals surface area contributed by atoms with E-state index in [0.29, 0.717) is 5.92 Å². The van der Waals surface area contributed by atoms with Gasteiger partial charge in [0.05, 0.1) is 11.9 Å². The average Bonchev–Trinajstić information content (AvgIpc) is 2.38. The third-order valence-electron chi connectivity index (χ3n) is 3.25. The van der Waals surface area contributed by atoms with E-state index in [-0.39, 0.29) is 11.9 Å². The third kappa shape index (κ3) is 3.75. The molecule has 1 aliphatic heterocycles. The fourth-order valence-corrected chi connectivity index (χ4v) is 2.04. The van der Waals surface area contributed by atoms with Gasteiger partial charge in [-0.05, 0) is 44.4 Å². The molecule has 0 radical (unpaired) electrons. The quantitative estimate of drug-likeness (QED) is 0.874. The summed E-state index contributed by atoms with van der Waals surface area (Å²) in [7, 11) is 0. The van der Waals surface area contributed by atoms with Crippen molar-refractivity contribution < 1.29 is 9.13 Å². The van der Waals surface area contributed by atoms with Gasteiger partial charge < -0.3 is 10.1 Å². The Morgan fingerprint density at radius 2 is 2.24 bits per heavy atom. The maximum atomic E-state index is 12.7. The van der Waals surface area contributed by atoms with Crippen LogP contribution in [0, 0.1) is 11.7 Å². The van der Waals surface area contributed by atoms with Gasteiger partial charge in [0.1, 0.15) is 5.82 Å². The Balaban J connectivity index is 1.80. The molecule has 1 unspecified atom stereocenters. The molecule has 4 heteroatoms. The van der Waals surface area contributed by atoms with Gasteiger partial charge in [-0.1, -0.05) is 0 Å². The first-order valence-electron chi connectivity index (χ1n) is 6.18. The van der Waals surface area contributed by atoms with E-state index in [2.05, 4.69) is 17.2 Å². The van der Waals surface area contributed by atoms with Gasteiger partial charge in [-0.3, -0.25) is 4.98 Å². The molecule has 1 aromatic rings. The maximum absolute atomic E-state index is 12.7. The van der Waals surface area contributed by atoms with Gasteiger partial charge in [0.15, 0.2) is 0 Å². The van der Waals surface area contributed by atoms with Gasteiger partial charge in [-0.2, -0.15) is 0 Å². The fourth-order valence-electron chi connectivity index (χ4n) is 2.04. The first-order valence-corrected chi connectivity index (χ1v) is 6.18. The highest BCUT2D eigenvalue weighted by molar-refractivity contribution is 5.08. The summed E-state index contributed by atoms with van der Waals surface area (Å²) in [5, 5.41) is 3.45. The first kappa shape index (κ1) is 12.5. The van der Waals surface area contributed by atoms with Crippen LogP contribution >= 0.6 is 0 Å². The molecule has 0 amide bonds. The largest absolute Gasteiger partial charge is 0.381 e. The van der Waals surface area contributed by atoms with E-state index in [1.807, 2.05) is 0 Å². The SMILES string of the molecule is CC(NCC1CCOCC1)c1ccc(F)cn1. The highest BCUT2D eigenvalue weighted by Gasteiger charge is 2.15. The van der Waals surface area contributed by atoms with Crippen LogP contribution in [0.25, 0.3) is 0 Å². The normalized spacial score (nSPS) is 19.2. The lowest BCUT2D eigenvalue weighted by atomic mass is 10.00. The second kappa shape index (κ2) is 6.07. The van der Waals surface area contributed by atoms with Crippen molar-refractivity contribution in [1.82, 2.24) is 10.3 Å². The van der Waals surface area contributed by atoms with Crippen molar-refractivity contribution in [1.29, 1.82) is 0 Å². The fraction of sp³-hybridized carbons (Fsp3) is 0.615. The standard InChI is InChI=1S/C13H19FN2O/c1-10(13-3-2-12(14)9-16-13)15-8-11-4-6-17-7-5-11/h2-3,9-11,15H,4-8H2,1H3. The van der Waals surface area contributed by atoms with Crippen molar-refractivity contribution in [2.24, 2.45) is 5.92 Å². The predicted molar refractivity (Wildman–Crippen MR) is 64.2 cm³/mol. The zero-order valence-electron chi connectivity index (χ0n) is 10.2. The topological polar surface area (TPSA) is 34.1 Å².